The number of methoxy groups -OCH3 is 1. The minimum Gasteiger partial charge on any atom is -0.497 e. The van der Waals surface area contributed by atoms with E-state index in [2.05, 4.69) is 0 Å². The van der Waals surface area contributed by atoms with Gasteiger partial charge in [-0.05, 0) is 42.3 Å². The summed E-state index contributed by atoms with van der Waals surface area (Å²) in [6, 6.07) is 13.4. The van der Waals surface area contributed by atoms with E-state index >= 15 is 0 Å². The molecule has 0 aliphatic carbocycles. The van der Waals surface area contributed by atoms with Gasteiger partial charge in [-0.3, -0.25) is 0 Å². The second-order valence-electron chi connectivity index (χ2n) is 4.96. The summed E-state index contributed by atoms with van der Waals surface area (Å²) in [6.45, 7) is 1.54. The van der Waals surface area contributed by atoms with Gasteiger partial charge in [0, 0.05) is 11.5 Å². The van der Waals surface area contributed by atoms with E-state index in [1.807, 2.05) is 24.3 Å². The van der Waals surface area contributed by atoms with Crippen LogP contribution in [0.4, 0.5) is 4.39 Å². The molecule has 1 unspecified atom stereocenters. The first-order valence-corrected chi connectivity index (χ1v) is 6.82. The molecule has 2 aromatic rings. The fraction of sp³-hybridized carbons (Fsp3) is 0.167. The molecule has 0 fully saturated rings. The monoisotopic (exact) mass is 300 g/mol. The maximum atomic E-state index is 13.1. The molecule has 3 nitrogen and oxygen atoms in total. The van der Waals surface area contributed by atoms with Crippen LogP contribution in [0.25, 0.3) is 0 Å². The molecule has 1 N–H and O–H groups in total. The number of hydrogen-bond donors (Lipinski definition) is 1. The summed E-state index contributed by atoms with van der Waals surface area (Å²) in [5, 5.41) is 9.10. The summed E-state index contributed by atoms with van der Waals surface area (Å²) in [5.41, 5.74) is 1.98. The van der Waals surface area contributed by atoms with E-state index in [-0.39, 0.29) is 17.3 Å². The molecule has 0 amide bonds. The number of halogens is 1. The normalized spacial score (nSPS) is 12.8. The lowest BCUT2D eigenvalue weighted by molar-refractivity contribution is -0.132. The molecule has 0 aliphatic rings. The van der Waals surface area contributed by atoms with Gasteiger partial charge in [0.15, 0.2) is 0 Å². The van der Waals surface area contributed by atoms with Gasteiger partial charge < -0.3 is 9.84 Å². The number of benzene rings is 2. The average molecular weight is 300 g/mol. The summed E-state index contributed by atoms with van der Waals surface area (Å²) in [5.74, 6) is -0.833. The molecule has 2 rings (SSSR count). The number of carbonyl (C=O) groups is 1. The van der Waals surface area contributed by atoms with Gasteiger partial charge in [0.1, 0.15) is 11.6 Å². The van der Waals surface area contributed by atoms with Gasteiger partial charge in [-0.25, -0.2) is 9.18 Å². The highest BCUT2D eigenvalue weighted by atomic mass is 19.1. The van der Waals surface area contributed by atoms with Crippen LogP contribution in [-0.4, -0.2) is 18.2 Å². The van der Waals surface area contributed by atoms with Crippen molar-refractivity contribution in [2.45, 2.75) is 12.8 Å². The topological polar surface area (TPSA) is 46.5 Å². The highest BCUT2D eigenvalue weighted by molar-refractivity contribution is 5.86. The van der Waals surface area contributed by atoms with E-state index in [1.54, 1.807) is 32.2 Å². The zero-order chi connectivity index (χ0) is 16.1. The van der Waals surface area contributed by atoms with Crippen molar-refractivity contribution in [3.8, 4) is 5.75 Å². The standard InChI is InChI=1S/C18H17FO3/c1-12(18(20)21)11-17(13-3-7-15(19)8-4-13)14-5-9-16(22-2)10-6-14/h3-11,17H,1-2H3,(H,20,21). The number of carboxylic acids is 1. The molecule has 1 atom stereocenters. The molecule has 22 heavy (non-hydrogen) atoms. The Bertz CT molecular complexity index is 672. The van der Waals surface area contributed by atoms with Crippen LogP contribution in [0, 0.1) is 5.82 Å². The largest absolute Gasteiger partial charge is 0.497 e. The van der Waals surface area contributed by atoms with Crippen molar-refractivity contribution >= 4 is 5.97 Å². The van der Waals surface area contributed by atoms with E-state index < -0.39 is 5.97 Å². The molecule has 0 aliphatic heterocycles. The van der Waals surface area contributed by atoms with Crippen LogP contribution in [-0.2, 0) is 4.79 Å². The summed E-state index contributed by atoms with van der Waals surface area (Å²) >= 11 is 0. The van der Waals surface area contributed by atoms with Crippen molar-refractivity contribution in [1.29, 1.82) is 0 Å². The number of hydrogen-bond acceptors (Lipinski definition) is 2. The molecule has 4 heteroatoms. The Morgan fingerprint density at radius 2 is 1.59 bits per heavy atom. The van der Waals surface area contributed by atoms with Crippen molar-refractivity contribution in [1.82, 2.24) is 0 Å². The summed E-state index contributed by atoms with van der Waals surface area (Å²) in [6.07, 6.45) is 1.66. The van der Waals surface area contributed by atoms with Gasteiger partial charge >= 0.3 is 5.97 Å². The lowest BCUT2D eigenvalue weighted by atomic mass is 9.89. The summed E-state index contributed by atoms with van der Waals surface area (Å²) in [7, 11) is 1.58. The van der Waals surface area contributed by atoms with Gasteiger partial charge in [-0.15, -0.1) is 0 Å². The molecular formula is C18H17FO3. The predicted octanol–water partition coefficient (Wildman–Crippen LogP) is 4.00. The molecule has 0 aromatic heterocycles. The van der Waals surface area contributed by atoms with E-state index in [0.717, 1.165) is 16.9 Å². The number of aliphatic carboxylic acids is 1. The first-order chi connectivity index (χ1) is 10.5. The van der Waals surface area contributed by atoms with Gasteiger partial charge in [-0.1, -0.05) is 30.3 Å². The van der Waals surface area contributed by atoms with E-state index in [1.165, 1.54) is 12.1 Å². The van der Waals surface area contributed by atoms with Crippen molar-refractivity contribution in [3.63, 3.8) is 0 Å². The van der Waals surface area contributed by atoms with Crippen molar-refractivity contribution in [3.05, 3.63) is 77.1 Å². The van der Waals surface area contributed by atoms with Crippen molar-refractivity contribution < 1.29 is 19.0 Å². The molecule has 0 heterocycles. The van der Waals surface area contributed by atoms with Crippen LogP contribution in [0.2, 0.25) is 0 Å². The van der Waals surface area contributed by atoms with Crippen molar-refractivity contribution in [2.75, 3.05) is 7.11 Å². The third kappa shape index (κ3) is 3.73. The fourth-order valence-electron chi connectivity index (χ4n) is 2.19. The Kier molecular flexibility index (Phi) is 4.94. The first kappa shape index (κ1) is 15.8. The smallest absolute Gasteiger partial charge is 0.330 e. The first-order valence-electron chi connectivity index (χ1n) is 6.82. The van der Waals surface area contributed by atoms with E-state index in [4.69, 9.17) is 9.84 Å². The third-order valence-corrected chi connectivity index (χ3v) is 3.46. The van der Waals surface area contributed by atoms with Crippen LogP contribution >= 0.6 is 0 Å². The maximum absolute atomic E-state index is 13.1. The Labute approximate surface area is 128 Å². The Morgan fingerprint density at radius 1 is 1.09 bits per heavy atom. The van der Waals surface area contributed by atoms with Crippen LogP contribution in [0.15, 0.2) is 60.2 Å². The van der Waals surface area contributed by atoms with Crippen LogP contribution in [0.5, 0.6) is 5.75 Å². The van der Waals surface area contributed by atoms with Gasteiger partial charge in [0.25, 0.3) is 0 Å². The number of ether oxygens (including phenoxy) is 1. The molecule has 0 saturated carbocycles. The summed E-state index contributed by atoms with van der Waals surface area (Å²) in [4.78, 5) is 11.1. The lowest BCUT2D eigenvalue weighted by Crippen LogP contribution is -2.03. The third-order valence-electron chi connectivity index (χ3n) is 3.46. The zero-order valence-corrected chi connectivity index (χ0v) is 12.4. The Morgan fingerprint density at radius 3 is 2.05 bits per heavy atom. The Hall–Kier alpha value is -2.62. The molecule has 0 spiro atoms. The predicted molar refractivity (Wildman–Crippen MR) is 82.6 cm³/mol. The second kappa shape index (κ2) is 6.89. The van der Waals surface area contributed by atoms with Gasteiger partial charge in [0.05, 0.1) is 7.11 Å². The minimum absolute atomic E-state index is 0.241. The highest BCUT2D eigenvalue weighted by Crippen LogP contribution is 2.29. The van der Waals surface area contributed by atoms with Gasteiger partial charge in [0.2, 0.25) is 0 Å². The van der Waals surface area contributed by atoms with Crippen LogP contribution in [0.1, 0.15) is 24.0 Å². The Balaban J connectivity index is 2.46. The number of allylic oxidation sites excluding steroid dienone is 1. The zero-order valence-electron chi connectivity index (χ0n) is 12.4. The molecule has 114 valence electrons. The molecular weight excluding hydrogens is 283 g/mol. The minimum atomic E-state index is -0.972. The number of rotatable bonds is 5. The van der Waals surface area contributed by atoms with Crippen LogP contribution in [0.3, 0.4) is 0 Å². The van der Waals surface area contributed by atoms with E-state index in [9.17, 15) is 9.18 Å². The molecule has 0 bridgehead atoms. The summed E-state index contributed by atoms with van der Waals surface area (Å²) < 4.78 is 18.2. The van der Waals surface area contributed by atoms with Crippen molar-refractivity contribution in [2.24, 2.45) is 0 Å². The second-order valence-corrected chi connectivity index (χ2v) is 4.96. The van der Waals surface area contributed by atoms with Crippen LogP contribution < -0.4 is 4.74 Å². The highest BCUT2D eigenvalue weighted by Gasteiger charge is 2.14. The quantitative estimate of drug-likeness (QED) is 0.849. The van der Waals surface area contributed by atoms with E-state index in [0.29, 0.717) is 0 Å². The SMILES string of the molecule is COc1ccc(C(C=C(C)C(=O)O)c2ccc(F)cc2)cc1. The average Bonchev–Trinajstić information content (AvgIpc) is 2.53. The molecule has 0 radical (unpaired) electrons. The number of carboxylic acid groups (broad SMARTS) is 1. The molecule has 0 saturated heterocycles. The molecule has 2 aromatic carbocycles. The maximum Gasteiger partial charge on any atom is 0.330 e. The fourth-order valence-corrected chi connectivity index (χ4v) is 2.19. The van der Waals surface area contributed by atoms with Gasteiger partial charge in [-0.2, -0.15) is 0 Å². The lowest BCUT2D eigenvalue weighted by Gasteiger charge is -2.15.